The van der Waals surface area contributed by atoms with E-state index in [9.17, 15) is 4.79 Å². The normalized spacial score (nSPS) is 12.2. The topological polar surface area (TPSA) is 126 Å². The Morgan fingerprint density at radius 3 is 2.74 bits per heavy atom. The quantitative estimate of drug-likeness (QED) is 0.283. The Morgan fingerprint density at radius 2 is 1.97 bits per heavy atom. The van der Waals surface area contributed by atoms with E-state index in [2.05, 4.69) is 30.9 Å². The van der Waals surface area contributed by atoms with Crippen molar-refractivity contribution in [1.82, 2.24) is 20.0 Å². The number of allylic oxidation sites excluding steroid dienone is 1. The van der Waals surface area contributed by atoms with Crippen molar-refractivity contribution in [1.29, 1.82) is 0 Å². The van der Waals surface area contributed by atoms with Gasteiger partial charge < -0.3 is 16.4 Å². The second kappa shape index (κ2) is 8.54. The second-order valence-electron chi connectivity index (χ2n) is 7.07. The molecule has 0 atom stereocenters. The fraction of sp³-hybridized carbons (Fsp3) is 0.0909. The molecule has 2 aromatic carbocycles. The number of benzene rings is 2. The fourth-order valence-corrected chi connectivity index (χ4v) is 3.08. The maximum absolute atomic E-state index is 12.3. The lowest BCUT2D eigenvalue weighted by Gasteiger charge is -2.09. The molecule has 156 valence electrons. The highest BCUT2D eigenvalue weighted by Crippen LogP contribution is 2.20. The maximum Gasteiger partial charge on any atom is 0.258 e. The number of H-pyrrole nitrogens is 1. The third-order valence-electron chi connectivity index (χ3n) is 4.48. The molecule has 0 spiro atoms. The molecular weight excluding hydrogens is 392 g/mol. The van der Waals surface area contributed by atoms with Gasteiger partial charge in [-0.2, -0.15) is 10.2 Å². The molecule has 4 aromatic rings. The number of carbonyl (C=O) groups excluding carboxylic acids is 1. The smallest absolute Gasteiger partial charge is 0.258 e. The summed E-state index contributed by atoms with van der Waals surface area (Å²) in [6.45, 7) is 1.89. The predicted molar refractivity (Wildman–Crippen MR) is 122 cm³/mol. The summed E-state index contributed by atoms with van der Waals surface area (Å²) in [5, 5.41) is 18.0. The molecule has 2 aromatic heterocycles. The monoisotopic (exact) mass is 414 g/mol. The molecule has 0 aliphatic heterocycles. The first-order valence-electron chi connectivity index (χ1n) is 9.59. The molecule has 4 rings (SSSR count). The minimum absolute atomic E-state index is 0.219. The number of hydrogen-bond acceptors (Lipinski definition) is 5. The van der Waals surface area contributed by atoms with Gasteiger partial charge in [0.25, 0.3) is 5.91 Å². The Morgan fingerprint density at radius 1 is 1.16 bits per heavy atom. The van der Waals surface area contributed by atoms with Gasteiger partial charge in [-0.15, -0.1) is 0 Å². The summed E-state index contributed by atoms with van der Waals surface area (Å²) in [7, 11) is 1.77. The number of rotatable bonds is 6. The molecule has 0 unspecified atom stereocenters. The van der Waals surface area contributed by atoms with Gasteiger partial charge >= 0.3 is 0 Å². The molecule has 1 amide bonds. The number of aryl methyl sites for hydroxylation is 1. The van der Waals surface area contributed by atoms with Crippen LogP contribution in [0.15, 0.2) is 77.8 Å². The number of aromatic amines is 1. The highest BCUT2D eigenvalue weighted by molar-refractivity contribution is 6.04. The first kappa shape index (κ1) is 19.9. The average Bonchev–Trinajstić information content (AvgIpc) is 3.36. The van der Waals surface area contributed by atoms with Crippen LogP contribution in [0.3, 0.4) is 0 Å². The molecular formula is C22H22N8O. The van der Waals surface area contributed by atoms with E-state index in [-0.39, 0.29) is 5.91 Å². The zero-order valence-electron chi connectivity index (χ0n) is 17.1. The van der Waals surface area contributed by atoms with E-state index >= 15 is 0 Å². The van der Waals surface area contributed by atoms with Crippen LogP contribution in [-0.4, -0.2) is 31.7 Å². The van der Waals surface area contributed by atoms with Crippen molar-refractivity contribution >= 4 is 39.7 Å². The van der Waals surface area contributed by atoms with Crippen molar-refractivity contribution in [3.05, 3.63) is 78.4 Å². The van der Waals surface area contributed by atoms with Gasteiger partial charge in [-0.05, 0) is 49.4 Å². The number of nitrogens with one attached hydrogen (secondary N) is 3. The van der Waals surface area contributed by atoms with Crippen LogP contribution >= 0.6 is 0 Å². The lowest BCUT2D eigenvalue weighted by molar-refractivity contribution is 0.102. The van der Waals surface area contributed by atoms with Gasteiger partial charge in [0.1, 0.15) is 5.84 Å². The molecule has 2 heterocycles. The number of amides is 1. The van der Waals surface area contributed by atoms with Crippen LogP contribution in [0, 0.1) is 0 Å². The van der Waals surface area contributed by atoms with Crippen LogP contribution in [0.4, 0.5) is 17.1 Å². The van der Waals surface area contributed by atoms with Crippen molar-refractivity contribution < 1.29 is 4.79 Å². The van der Waals surface area contributed by atoms with Crippen molar-refractivity contribution in [3.63, 3.8) is 0 Å². The van der Waals surface area contributed by atoms with Crippen LogP contribution in [0.1, 0.15) is 17.3 Å². The van der Waals surface area contributed by atoms with Crippen molar-refractivity contribution in [3.8, 4) is 0 Å². The Hall–Kier alpha value is -4.40. The van der Waals surface area contributed by atoms with Crippen molar-refractivity contribution in [2.24, 2.45) is 17.8 Å². The number of fused-ring (bicyclic) bond motifs is 1. The fourth-order valence-electron chi connectivity index (χ4n) is 3.08. The van der Waals surface area contributed by atoms with Crippen LogP contribution in [-0.2, 0) is 7.05 Å². The van der Waals surface area contributed by atoms with Gasteiger partial charge in [0.05, 0.1) is 29.2 Å². The van der Waals surface area contributed by atoms with E-state index in [1.54, 1.807) is 30.2 Å². The number of carbonyl (C=O) groups is 1. The van der Waals surface area contributed by atoms with Gasteiger partial charge in [-0.3, -0.25) is 14.6 Å². The van der Waals surface area contributed by atoms with Crippen LogP contribution in [0.25, 0.3) is 10.9 Å². The summed E-state index contributed by atoms with van der Waals surface area (Å²) in [6, 6.07) is 13.1. The number of hydrogen-bond donors (Lipinski definition) is 4. The largest absolute Gasteiger partial charge is 0.384 e. The Bertz CT molecular complexity index is 1300. The molecule has 0 aliphatic rings. The SMILES string of the molecule is C/C(=C/C(N)=Nc1ccc2[nH]ncc2c1)Nc1cccc(NC(=O)c2cnn(C)c2)c1. The molecule has 0 aliphatic carbocycles. The van der Waals surface area contributed by atoms with Crippen LogP contribution in [0.2, 0.25) is 0 Å². The molecule has 0 radical (unpaired) electrons. The highest BCUT2D eigenvalue weighted by Gasteiger charge is 2.08. The number of anilines is 2. The predicted octanol–water partition coefficient (Wildman–Crippen LogP) is 3.55. The second-order valence-corrected chi connectivity index (χ2v) is 7.07. The Kier molecular flexibility index (Phi) is 5.48. The molecule has 0 fully saturated rings. The Labute approximate surface area is 178 Å². The molecule has 5 N–H and O–H groups in total. The summed E-state index contributed by atoms with van der Waals surface area (Å²) in [4.78, 5) is 16.7. The summed E-state index contributed by atoms with van der Waals surface area (Å²) < 4.78 is 1.58. The van der Waals surface area contributed by atoms with E-state index in [1.165, 1.54) is 6.20 Å². The zero-order chi connectivity index (χ0) is 21.8. The first-order valence-corrected chi connectivity index (χ1v) is 9.59. The highest BCUT2D eigenvalue weighted by atomic mass is 16.1. The third kappa shape index (κ3) is 4.96. The van der Waals surface area contributed by atoms with Crippen LogP contribution in [0.5, 0.6) is 0 Å². The van der Waals surface area contributed by atoms with Gasteiger partial charge in [0, 0.05) is 35.7 Å². The molecule has 9 heteroatoms. The number of nitrogens with zero attached hydrogens (tertiary/aromatic N) is 4. The van der Waals surface area contributed by atoms with E-state index in [4.69, 9.17) is 5.73 Å². The number of amidine groups is 1. The first-order chi connectivity index (χ1) is 15.0. The number of aliphatic imine (C=N–C) groups is 1. The summed E-state index contributed by atoms with van der Waals surface area (Å²) >= 11 is 0. The minimum Gasteiger partial charge on any atom is -0.384 e. The standard InChI is InChI=1S/C22H22N8O/c1-14(8-21(23)27-19-6-7-20-15(9-19)11-24-29-20)26-17-4-3-5-18(10-17)28-22(31)16-12-25-30(2)13-16/h3-13,26H,1-2H3,(H2,23,27)(H,24,29)(H,28,31)/b14-8-. The maximum atomic E-state index is 12.3. The summed E-state index contributed by atoms with van der Waals surface area (Å²) in [5.41, 5.74) is 10.6. The lowest BCUT2D eigenvalue weighted by atomic mass is 10.2. The van der Waals surface area contributed by atoms with Crippen molar-refractivity contribution in [2.75, 3.05) is 10.6 Å². The minimum atomic E-state index is -0.219. The van der Waals surface area contributed by atoms with E-state index in [0.717, 1.165) is 28.0 Å². The van der Waals surface area contributed by atoms with Gasteiger partial charge in [0.2, 0.25) is 0 Å². The van der Waals surface area contributed by atoms with Crippen molar-refractivity contribution in [2.45, 2.75) is 6.92 Å². The third-order valence-corrected chi connectivity index (χ3v) is 4.48. The zero-order valence-corrected chi connectivity index (χ0v) is 17.1. The van der Waals surface area contributed by atoms with E-state index in [0.29, 0.717) is 17.1 Å². The van der Waals surface area contributed by atoms with E-state index < -0.39 is 0 Å². The Balaban J connectivity index is 1.43. The summed E-state index contributed by atoms with van der Waals surface area (Å²) in [5.74, 6) is 0.150. The summed E-state index contributed by atoms with van der Waals surface area (Å²) in [6.07, 6.45) is 6.68. The number of nitrogens with two attached hydrogens (primary N) is 1. The van der Waals surface area contributed by atoms with E-state index in [1.807, 2.05) is 49.4 Å². The molecule has 0 bridgehead atoms. The number of aromatic nitrogens is 4. The van der Waals surface area contributed by atoms with Gasteiger partial charge in [-0.1, -0.05) is 6.07 Å². The molecule has 31 heavy (non-hydrogen) atoms. The lowest BCUT2D eigenvalue weighted by Crippen LogP contribution is -2.12. The van der Waals surface area contributed by atoms with Gasteiger partial charge in [0.15, 0.2) is 0 Å². The molecule has 9 nitrogen and oxygen atoms in total. The molecule has 0 saturated carbocycles. The molecule has 0 saturated heterocycles. The van der Waals surface area contributed by atoms with Crippen LogP contribution < -0.4 is 16.4 Å². The van der Waals surface area contributed by atoms with Gasteiger partial charge in [-0.25, -0.2) is 4.99 Å². The average molecular weight is 414 g/mol.